The molecule has 2 atom stereocenters. The van der Waals surface area contributed by atoms with Crippen molar-refractivity contribution in [1.82, 2.24) is 10.2 Å². The second kappa shape index (κ2) is 14.0. The van der Waals surface area contributed by atoms with Crippen LogP contribution in [0, 0.1) is 11.8 Å². The molecule has 0 aromatic heterocycles. The van der Waals surface area contributed by atoms with Crippen molar-refractivity contribution in [1.29, 1.82) is 0 Å². The molecular weight excluding hydrogens is 344 g/mol. The summed E-state index contributed by atoms with van der Waals surface area (Å²) in [5.74, 6) is 1.77. The number of rotatable bonds is 13. The van der Waals surface area contributed by atoms with E-state index < -0.39 is 0 Å². The van der Waals surface area contributed by atoms with Crippen molar-refractivity contribution in [3.63, 3.8) is 0 Å². The zero-order valence-electron chi connectivity index (χ0n) is 19.6. The zero-order chi connectivity index (χ0) is 20.2. The van der Waals surface area contributed by atoms with Crippen molar-refractivity contribution < 1.29 is 4.74 Å². The molecule has 0 bridgehead atoms. The average molecular weight is 395 g/mol. The fraction of sp³-hybridized carbons (Fsp3) is 1.00. The number of piperidine rings is 1. The number of nitrogens with zero attached hydrogens (tertiary/aromatic N) is 1. The first-order valence-corrected chi connectivity index (χ1v) is 12.8. The Labute approximate surface area is 176 Å². The Kier molecular flexibility index (Phi) is 12.1. The SMILES string of the molecule is CCCCC(C)NCC1CCC(OC2CCN(CC(CC)CCC)CC2)CC1. The summed E-state index contributed by atoms with van der Waals surface area (Å²) in [5.41, 5.74) is 0. The van der Waals surface area contributed by atoms with E-state index in [2.05, 4.69) is 37.9 Å². The summed E-state index contributed by atoms with van der Waals surface area (Å²) in [6.45, 7) is 14.3. The van der Waals surface area contributed by atoms with Gasteiger partial charge in [0.2, 0.25) is 0 Å². The van der Waals surface area contributed by atoms with Crippen molar-refractivity contribution >= 4 is 0 Å². The molecule has 3 heteroatoms. The fourth-order valence-corrected chi connectivity index (χ4v) is 5.15. The van der Waals surface area contributed by atoms with E-state index in [0.717, 1.165) is 11.8 Å². The minimum atomic E-state index is 0.524. The maximum Gasteiger partial charge on any atom is 0.0603 e. The quantitative estimate of drug-likeness (QED) is 0.413. The molecule has 0 spiro atoms. The minimum absolute atomic E-state index is 0.524. The highest BCUT2D eigenvalue weighted by Crippen LogP contribution is 2.29. The summed E-state index contributed by atoms with van der Waals surface area (Å²) in [6.07, 6.45) is 16.9. The molecule has 0 aromatic rings. The van der Waals surface area contributed by atoms with Crippen LogP contribution < -0.4 is 5.32 Å². The van der Waals surface area contributed by atoms with Gasteiger partial charge in [-0.05, 0) is 76.7 Å². The summed E-state index contributed by atoms with van der Waals surface area (Å²) in [5, 5.41) is 3.77. The third kappa shape index (κ3) is 9.13. The second-order valence-electron chi connectivity index (χ2n) is 9.79. The summed E-state index contributed by atoms with van der Waals surface area (Å²) in [4.78, 5) is 2.70. The highest BCUT2D eigenvalue weighted by atomic mass is 16.5. The Balaban J connectivity index is 1.56. The normalized spacial score (nSPS) is 27.0. The molecule has 0 amide bonds. The molecule has 1 aliphatic heterocycles. The van der Waals surface area contributed by atoms with Gasteiger partial charge in [-0.15, -0.1) is 0 Å². The van der Waals surface area contributed by atoms with Crippen LogP contribution in [0.3, 0.4) is 0 Å². The summed E-state index contributed by atoms with van der Waals surface area (Å²) < 4.78 is 6.54. The predicted octanol–water partition coefficient (Wildman–Crippen LogP) is 6.02. The van der Waals surface area contributed by atoms with Crippen LogP contribution in [0.4, 0.5) is 0 Å². The highest BCUT2D eigenvalue weighted by molar-refractivity contribution is 4.79. The standard InChI is InChI=1S/C25H50N2O/c1-5-8-10-21(4)26-19-23-11-13-24(14-12-23)28-25-15-17-27(18-16-25)20-22(7-3)9-6-2/h21-26H,5-20H2,1-4H3. The Morgan fingerprint density at radius 3 is 2.18 bits per heavy atom. The van der Waals surface area contributed by atoms with E-state index in [-0.39, 0.29) is 0 Å². The lowest BCUT2D eigenvalue weighted by Crippen LogP contribution is -2.41. The molecule has 1 saturated heterocycles. The van der Waals surface area contributed by atoms with E-state index >= 15 is 0 Å². The molecule has 166 valence electrons. The lowest BCUT2D eigenvalue weighted by molar-refractivity contribution is -0.0620. The van der Waals surface area contributed by atoms with Gasteiger partial charge < -0.3 is 15.0 Å². The van der Waals surface area contributed by atoms with Gasteiger partial charge in [-0.3, -0.25) is 0 Å². The monoisotopic (exact) mass is 394 g/mol. The van der Waals surface area contributed by atoms with Crippen molar-refractivity contribution in [3.05, 3.63) is 0 Å². The van der Waals surface area contributed by atoms with Gasteiger partial charge in [-0.1, -0.05) is 46.5 Å². The molecule has 2 unspecified atom stereocenters. The Morgan fingerprint density at radius 2 is 1.57 bits per heavy atom. The fourth-order valence-electron chi connectivity index (χ4n) is 5.15. The van der Waals surface area contributed by atoms with Gasteiger partial charge in [0.15, 0.2) is 0 Å². The molecule has 2 fully saturated rings. The molecule has 0 radical (unpaired) electrons. The van der Waals surface area contributed by atoms with Gasteiger partial charge in [-0.25, -0.2) is 0 Å². The Hall–Kier alpha value is -0.120. The lowest BCUT2D eigenvalue weighted by Gasteiger charge is -2.37. The van der Waals surface area contributed by atoms with E-state index in [4.69, 9.17) is 4.74 Å². The molecule has 2 rings (SSSR count). The lowest BCUT2D eigenvalue weighted by atomic mass is 9.87. The Morgan fingerprint density at radius 1 is 0.893 bits per heavy atom. The molecule has 1 heterocycles. The van der Waals surface area contributed by atoms with Crippen LogP contribution >= 0.6 is 0 Å². The van der Waals surface area contributed by atoms with Crippen molar-refractivity contribution in [2.24, 2.45) is 11.8 Å². The molecular formula is C25H50N2O. The van der Waals surface area contributed by atoms with E-state index in [1.54, 1.807) is 0 Å². The number of hydrogen-bond acceptors (Lipinski definition) is 3. The van der Waals surface area contributed by atoms with Crippen LogP contribution in [-0.4, -0.2) is 49.3 Å². The molecule has 1 aliphatic carbocycles. The number of ether oxygens (including phenoxy) is 1. The molecule has 1 N–H and O–H groups in total. The van der Waals surface area contributed by atoms with Crippen LogP contribution in [0.1, 0.15) is 105 Å². The van der Waals surface area contributed by atoms with Crippen molar-refractivity contribution in [2.75, 3.05) is 26.2 Å². The highest BCUT2D eigenvalue weighted by Gasteiger charge is 2.27. The van der Waals surface area contributed by atoms with Crippen LogP contribution in [0.5, 0.6) is 0 Å². The van der Waals surface area contributed by atoms with E-state index in [9.17, 15) is 0 Å². The largest absolute Gasteiger partial charge is 0.375 e. The van der Waals surface area contributed by atoms with Gasteiger partial charge in [0.05, 0.1) is 12.2 Å². The van der Waals surface area contributed by atoms with Crippen LogP contribution in [0.25, 0.3) is 0 Å². The maximum absolute atomic E-state index is 6.54. The van der Waals surface area contributed by atoms with E-state index in [1.165, 1.54) is 103 Å². The van der Waals surface area contributed by atoms with Crippen LogP contribution in [0.15, 0.2) is 0 Å². The minimum Gasteiger partial charge on any atom is -0.375 e. The smallest absolute Gasteiger partial charge is 0.0603 e. The summed E-state index contributed by atoms with van der Waals surface area (Å²) >= 11 is 0. The summed E-state index contributed by atoms with van der Waals surface area (Å²) in [7, 11) is 0. The first kappa shape index (κ1) is 24.2. The number of unbranched alkanes of at least 4 members (excludes halogenated alkanes) is 1. The van der Waals surface area contributed by atoms with Gasteiger partial charge in [0.1, 0.15) is 0 Å². The topological polar surface area (TPSA) is 24.5 Å². The summed E-state index contributed by atoms with van der Waals surface area (Å²) in [6, 6.07) is 0.684. The first-order chi connectivity index (χ1) is 13.6. The number of likely N-dealkylation sites (tertiary alicyclic amines) is 1. The Bertz CT molecular complexity index is 373. The van der Waals surface area contributed by atoms with Crippen molar-refractivity contribution in [3.8, 4) is 0 Å². The van der Waals surface area contributed by atoms with E-state index in [0.29, 0.717) is 18.2 Å². The molecule has 0 aromatic carbocycles. The van der Waals surface area contributed by atoms with Gasteiger partial charge in [0.25, 0.3) is 0 Å². The number of nitrogens with one attached hydrogen (secondary N) is 1. The van der Waals surface area contributed by atoms with Crippen LogP contribution in [0.2, 0.25) is 0 Å². The first-order valence-electron chi connectivity index (χ1n) is 12.8. The third-order valence-electron chi connectivity index (χ3n) is 7.25. The van der Waals surface area contributed by atoms with Crippen molar-refractivity contribution in [2.45, 2.75) is 123 Å². The molecule has 1 saturated carbocycles. The third-order valence-corrected chi connectivity index (χ3v) is 7.25. The van der Waals surface area contributed by atoms with Gasteiger partial charge in [-0.2, -0.15) is 0 Å². The average Bonchev–Trinajstić information content (AvgIpc) is 2.72. The van der Waals surface area contributed by atoms with E-state index in [1.807, 2.05) is 0 Å². The second-order valence-corrected chi connectivity index (χ2v) is 9.79. The molecule has 28 heavy (non-hydrogen) atoms. The maximum atomic E-state index is 6.54. The van der Waals surface area contributed by atoms with Gasteiger partial charge >= 0.3 is 0 Å². The zero-order valence-corrected chi connectivity index (χ0v) is 19.6. The van der Waals surface area contributed by atoms with Crippen LogP contribution in [-0.2, 0) is 4.74 Å². The molecule has 3 nitrogen and oxygen atoms in total. The molecule has 2 aliphatic rings. The predicted molar refractivity (Wildman–Crippen MR) is 122 cm³/mol. The number of hydrogen-bond donors (Lipinski definition) is 1. The van der Waals surface area contributed by atoms with Gasteiger partial charge in [0, 0.05) is 25.7 Å².